The van der Waals surface area contributed by atoms with Gasteiger partial charge >= 0.3 is 0 Å². The number of ether oxygens (including phenoxy) is 1. The lowest BCUT2D eigenvalue weighted by Crippen LogP contribution is -2.26. The van der Waals surface area contributed by atoms with Gasteiger partial charge in [0.1, 0.15) is 0 Å². The number of nitro benzene ring substituents is 1. The van der Waals surface area contributed by atoms with Gasteiger partial charge in [0.2, 0.25) is 10.0 Å². The maximum Gasteiger partial charge on any atom is 0.289 e. The van der Waals surface area contributed by atoms with Crippen LogP contribution in [0.1, 0.15) is 6.42 Å². The molecule has 0 saturated carbocycles. The smallest absolute Gasteiger partial charge is 0.289 e. The Kier molecular flexibility index (Phi) is 5.86. The van der Waals surface area contributed by atoms with Crippen LogP contribution in [-0.2, 0) is 14.8 Å². The highest BCUT2D eigenvalue weighted by atomic mass is 32.2. The molecule has 0 spiro atoms. The van der Waals surface area contributed by atoms with Crippen LogP contribution in [0.2, 0.25) is 0 Å². The number of nitro groups is 1. The highest BCUT2D eigenvalue weighted by Gasteiger charge is 2.25. The summed E-state index contributed by atoms with van der Waals surface area (Å²) in [6.07, 6.45) is 0.481. The summed E-state index contributed by atoms with van der Waals surface area (Å²) in [7, 11) is -0.826. The molecule has 1 aromatic carbocycles. The second-order valence-corrected chi connectivity index (χ2v) is 5.67. The fourth-order valence-electron chi connectivity index (χ4n) is 1.54. The summed E-state index contributed by atoms with van der Waals surface area (Å²) in [6.45, 7) is 0.554. The van der Waals surface area contributed by atoms with Crippen molar-refractivity contribution in [2.24, 2.45) is 0 Å². The number of nitrogens with one attached hydrogen (secondary N) is 2. The van der Waals surface area contributed by atoms with E-state index in [0.29, 0.717) is 18.7 Å². The Morgan fingerprint density at radius 1 is 1.40 bits per heavy atom. The lowest BCUT2D eigenvalue weighted by atomic mass is 10.3. The molecule has 0 aliphatic rings. The van der Waals surface area contributed by atoms with Crippen LogP contribution < -0.4 is 10.0 Å². The molecule has 0 amide bonds. The van der Waals surface area contributed by atoms with Crippen molar-refractivity contribution in [1.82, 2.24) is 4.72 Å². The Morgan fingerprint density at radius 3 is 2.65 bits per heavy atom. The summed E-state index contributed by atoms with van der Waals surface area (Å²) < 4.78 is 31.3. The van der Waals surface area contributed by atoms with Crippen molar-refractivity contribution in [3.05, 3.63) is 28.3 Å². The second kappa shape index (κ2) is 7.17. The van der Waals surface area contributed by atoms with E-state index in [-0.39, 0.29) is 11.4 Å². The Labute approximate surface area is 117 Å². The van der Waals surface area contributed by atoms with Gasteiger partial charge in [-0.2, -0.15) is 0 Å². The summed E-state index contributed by atoms with van der Waals surface area (Å²) in [5.41, 5.74) is 0.0242. The molecular weight excluding hydrogens is 286 g/mol. The van der Waals surface area contributed by atoms with E-state index < -0.39 is 20.6 Å². The molecule has 0 aromatic heterocycles. The number of rotatable bonds is 8. The number of benzene rings is 1. The van der Waals surface area contributed by atoms with E-state index in [1.54, 1.807) is 7.05 Å². The van der Waals surface area contributed by atoms with Crippen LogP contribution in [-0.4, -0.2) is 40.7 Å². The zero-order valence-electron chi connectivity index (χ0n) is 11.3. The van der Waals surface area contributed by atoms with Gasteiger partial charge in [0.15, 0.2) is 4.90 Å². The van der Waals surface area contributed by atoms with Gasteiger partial charge in [0.25, 0.3) is 5.69 Å². The molecule has 20 heavy (non-hydrogen) atoms. The average molecular weight is 303 g/mol. The Morgan fingerprint density at radius 2 is 2.10 bits per heavy atom. The number of hydrogen-bond donors (Lipinski definition) is 2. The van der Waals surface area contributed by atoms with Gasteiger partial charge in [-0.1, -0.05) is 0 Å². The molecule has 2 N–H and O–H groups in total. The fraction of sp³-hybridized carbons (Fsp3) is 0.455. The van der Waals surface area contributed by atoms with Gasteiger partial charge < -0.3 is 10.1 Å². The molecule has 0 radical (unpaired) electrons. The molecule has 112 valence electrons. The third-order valence-corrected chi connectivity index (χ3v) is 4.04. The monoisotopic (exact) mass is 303 g/mol. The van der Waals surface area contributed by atoms with E-state index in [4.69, 9.17) is 4.74 Å². The summed E-state index contributed by atoms with van der Waals surface area (Å²) >= 11 is 0. The third-order valence-electron chi connectivity index (χ3n) is 2.55. The molecule has 0 fully saturated rings. The lowest BCUT2D eigenvalue weighted by molar-refractivity contribution is -0.387. The fourth-order valence-corrected chi connectivity index (χ4v) is 2.81. The standard InChI is InChI=1S/C11H17N3O5S/c1-12-9-4-5-10(14(15)16)11(8-9)20(17,18)13-6-3-7-19-2/h4-5,8,12-13H,3,6-7H2,1-2H3. The van der Waals surface area contributed by atoms with Gasteiger partial charge in [-0.25, -0.2) is 13.1 Å². The minimum absolute atomic E-state index is 0.150. The van der Waals surface area contributed by atoms with Crippen molar-refractivity contribution in [3.8, 4) is 0 Å². The van der Waals surface area contributed by atoms with Crippen LogP contribution >= 0.6 is 0 Å². The van der Waals surface area contributed by atoms with Crippen LogP contribution in [0, 0.1) is 10.1 Å². The number of sulfonamides is 1. The zero-order chi connectivity index (χ0) is 15.2. The largest absolute Gasteiger partial charge is 0.388 e. The van der Waals surface area contributed by atoms with E-state index in [0.717, 1.165) is 6.07 Å². The first-order valence-electron chi connectivity index (χ1n) is 5.87. The quantitative estimate of drug-likeness (QED) is 0.420. The molecule has 0 bridgehead atoms. The van der Waals surface area contributed by atoms with E-state index in [1.165, 1.54) is 19.2 Å². The molecule has 0 heterocycles. The predicted molar refractivity (Wildman–Crippen MR) is 74.3 cm³/mol. The van der Waals surface area contributed by atoms with E-state index in [1.807, 2.05) is 0 Å². The van der Waals surface area contributed by atoms with E-state index in [9.17, 15) is 18.5 Å². The lowest BCUT2D eigenvalue weighted by Gasteiger charge is -2.09. The van der Waals surface area contributed by atoms with Crippen molar-refractivity contribution in [2.45, 2.75) is 11.3 Å². The van der Waals surface area contributed by atoms with Gasteiger partial charge in [-0.05, 0) is 18.6 Å². The molecule has 0 aliphatic heterocycles. The molecule has 0 unspecified atom stereocenters. The number of nitrogens with zero attached hydrogens (tertiary/aromatic N) is 1. The SMILES string of the molecule is CNc1ccc([N+](=O)[O-])c(S(=O)(=O)NCCCOC)c1. The molecular formula is C11H17N3O5S. The van der Waals surface area contributed by atoms with Crippen LogP contribution in [0.3, 0.4) is 0 Å². The molecule has 0 atom stereocenters. The van der Waals surface area contributed by atoms with Crippen LogP contribution in [0.25, 0.3) is 0 Å². The number of anilines is 1. The van der Waals surface area contributed by atoms with Crippen LogP contribution in [0.15, 0.2) is 23.1 Å². The minimum Gasteiger partial charge on any atom is -0.388 e. The maximum absolute atomic E-state index is 12.1. The number of hydrogen-bond acceptors (Lipinski definition) is 6. The highest BCUT2D eigenvalue weighted by molar-refractivity contribution is 7.89. The van der Waals surface area contributed by atoms with Crippen molar-refractivity contribution in [1.29, 1.82) is 0 Å². The topological polar surface area (TPSA) is 111 Å². The first-order chi connectivity index (χ1) is 9.42. The predicted octanol–water partition coefficient (Wildman–Crippen LogP) is 0.951. The van der Waals surface area contributed by atoms with Gasteiger partial charge in [0.05, 0.1) is 4.92 Å². The first kappa shape index (κ1) is 16.3. The highest BCUT2D eigenvalue weighted by Crippen LogP contribution is 2.26. The van der Waals surface area contributed by atoms with E-state index >= 15 is 0 Å². The molecule has 1 aromatic rings. The van der Waals surface area contributed by atoms with Crippen LogP contribution in [0.5, 0.6) is 0 Å². The minimum atomic E-state index is -3.94. The summed E-state index contributed by atoms with van der Waals surface area (Å²) in [5.74, 6) is 0. The Hall–Kier alpha value is -1.71. The van der Waals surface area contributed by atoms with Gasteiger partial charge in [-0.15, -0.1) is 0 Å². The van der Waals surface area contributed by atoms with Crippen molar-refractivity contribution >= 4 is 21.4 Å². The molecule has 8 nitrogen and oxygen atoms in total. The summed E-state index contributed by atoms with van der Waals surface area (Å²) in [5, 5.41) is 13.7. The zero-order valence-corrected chi connectivity index (χ0v) is 12.1. The average Bonchev–Trinajstić information content (AvgIpc) is 2.42. The van der Waals surface area contributed by atoms with Crippen molar-refractivity contribution < 1.29 is 18.1 Å². The maximum atomic E-state index is 12.1. The Bertz CT molecular complexity index is 573. The second-order valence-electron chi connectivity index (χ2n) is 3.93. The Balaban J connectivity index is 3.05. The molecule has 1 rings (SSSR count). The third kappa shape index (κ3) is 4.15. The summed E-state index contributed by atoms with van der Waals surface area (Å²) in [6, 6.07) is 3.84. The van der Waals surface area contributed by atoms with Gasteiger partial charge in [-0.3, -0.25) is 10.1 Å². The molecule has 0 aliphatic carbocycles. The molecule has 0 saturated heterocycles. The first-order valence-corrected chi connectivity index (χ1v) is 7.35. The van der Waals surface area contributed by atoms with Crippen molar-refractivity contribution in [3.63, 3.8) is 0 Å². The van der Waals surface area contributed by atoms with Gasteiger partial charge in [0, 0.05) is 39.1 Å². The van der Waals surface area contributed by atoms with Crippen LogP contribution in [0.4, 0.5) is 11.4 Å². The van der Waals surface area contributed by atoms with Crippen molar-refractivity contribution in [2.75, 3.05) is 32.6 Å². The normalized spacial score (nSPS) is 11.3. The van der Waals surface area contributed by atoms with E-state index in [2.05, 4.69) is 10.0 Å². The summed E-state index contributed by atoms with van der Waals surface area (Å²) in [4.78, 5) is 9.84. The number of methoxy groups -OCH3 is 1. The molecule has 9 heteroatoms.